The molecule has 0 radical (unpaired) electrons. The third kappa shape index (κ3) is 55.0. The highest BCUT2D eigenvalue weighted by molar-refractivity contribution is 5.70. The van der Waals surface area contributed by atoms with Crippen LogP contribution < -0.4 is 0 Å². The largest absolute Gasteiger partial charge is 0.462 e. The molecule has 0 saturated heterocycles. The van der Waals surface area contributed by atoms with E-state index in [0.717, 1.165) is 44.9 Å². The number of hydrogen-bond donors (Lipinski definition) is 0. The fourth-order valence-electron chi connectivity index (χ4n) is 9.01. The minimum absolute atomic E-state index is 0.0915. The second-order valence-electron chi connectivity index (χ2n) is 20.3. The van der Waals surface area contributed by atoms with E-state index in [1.807, 2.05) is 0 Å². The normalized spacial score (nSPS) is 12.2. The van der Waals surface area contributed by atoms with Crippen molar-refractivity contribution in [3.63, 3.8) is 0 Å². The maximum atomic E-state index is 12.8. The Morgan fingerprint density at radius 2 is 0.636 bits per heavy atom. The van der Waals surface area contributed by atoms with E-state index in [1.165, 1.54) is 250 Å². The van der Waals surface area contributed by atoms with E-state index in [2.05, 4.69) is 45.1 Å². The van der Waals surface area contributed by atoms with E-state index in [-0.39, 0.29) is 18.5 Å². The molecule has 0 N–H and O–H groups in total. The van der Waals surface area contributed by atoms with E-state index < -0.39 is 6.10 Å². The minimum Gasteiger partial charge on any atom is -0.462 e. The van der Waals surface area contributed by atoms with Crippen LogP contribution in [0, 0.1) is 0 Å². The Morgan fingerprint density at radius 3 is 1.03 bits per heavy atom. The first-order valence-corrected chi connectivity index (χ1v) is 29.9. The average molecular weight is 930 g/mol. The molecule has 0 amide bonds. The van der Waals surface area contributed by atoms with Gasteiger partial charge in [0.25, 0.3) is 0 Å². The summed E-state index contributed by atoms with van der Waals surface area (Å²) in [5, 5.41) is 0. The van der Waals surface area contributed by atoms with Gasteiger partial charge in [-0.2, -0.15) is 0 Å². The lowest BCUT2D eigenvalue weighted by atomic mass is 10.0. The van der Waals surface area contributed by atoms with Gasteiger partial charge < -0.3 is 14.2 Å². The van der Waals surface area contributed by atoms with Crippen molar-refractivity contribution in [1.82, 2.24) is 0 Å². The minimum atomic E-state index is -0.532. The van der Waals surface area contributed by atoms with E-state index in [0.29, 0.717) is 26.1 Å². The Hall–Kier alpha value is -1.62. The molecule has 0 bridgehead atoms. The first-order chi connectivity index (χ1) is 32.6. The number of rotatable bonds is 56. The molecule has 0 aliphatic carbocycles. The molecule has 0 fully saturated rings. The molecule has 0 spiro atoms. The number of carbonyl (C=O) groups is 2. The maximum absolute atomic E-state index is 12.8. The van der Waals surface area contributed by atoms with Crippen molar-refractivity contribution < 1.29 is 23.8 Å². The van der Waals surface area contributed by atoms with Crippen molar-refractivity contribution >= 4 is 11.9 Å². The highest BCUT2D eigenvalue weighted by Crippen LogP contribution is 2.17. The number of ether oxygens (including phenoxy) is 3. The van der Waals surface area contributed by atoms with E-state index in [1.54, 1.807) is 0 Å². The van der Waals surface area contributed by atoms with Crippen LogP contribution in [0.3, 0.4) is 0 Å². The highest BCUT2D eigenvalue weighted by Gasteiger charge is 2.17. The van der Waals surface area contributed by atoms with Gasteiger partial charge in [0.15, 0.2) is 6.10 Å². The van der Waals surface area contributed by atoms with Gasteiger partial charge in [0.05, 0.1) is 6.61 Å². The summed E-state index contributed by atoms with van der Waals surface area (Å²) in [5.41, 5.74) is 0. The monoisotopic (exact) mass is 929 g/mol. The Labute approximate surface area is 413 Å². The molecule has 0 saturated carbocycles. The molecule has 0 rings (SSSR count). The fraction of sp³-hybridized carbons (Fsp3) is 0.902. The zero-order valence-electron chi connectivity index (χ0n) is 45.0. The molecule has 390 valence electrons. The van der Waals surface area contributed by atoms with Gasteiger partial charge in [0, 0.05) is 19.4 Å². The third-order valence-corrected chi connectivity index (χ3v) is 13.5. The van der Waals surface area contributed by atoms with E-state index in [9.17, 15) is 9.59 Å². The quantitative estimate of drug-likeness (QED) is 0.0345. The van der Waals surface area contributed by atoms with Crippen molar-refractivity contribution in [3.8, 4) is 0 Å². The van der Waals surface area contributed by atoms with Gasteiger partial charge in [-0.3, -0.25) is 9.59 Å². The van der Waals surface area contributed by atoms with Crippen molar-refractivity contribution in [2.75, 3.05) is 19.8 Å². The number of carbonyl (C=O) groups excluding carboxylic acids is 2. The molecule has 5 heteroatoms. The summed E-state index contributed by atoms with van der Waals surface area (Å²) < 4.78 is 17.5. The topological polar surface area (TPSA) is 61.8 Å². The average Bonchev–Trinajstić information content (AvgIpc) is 3.32. The van der Waals surface area contributed by atoms with Crippen LogP contribution in [-0.2, 0) is 23.8 Å². The van der Waals surface area contributed by atoms with Crippen LogP contribution in [-0.4, -0.2) is 37.9 Å². The van der Waals surface area contributed by atoms with Crippen molar-refractivity contribution in [2.45, 2.75) is 335 Å². The second kappa shape index (κ2) is 57.7. The summed E-state index contributed by atoms with van der Waals surface area (Å²) in [6.07, 6.45) is 69.2. The first-order valence-electron chi connectivity index (χ1n) is 29.9. The summed E-state index contributed by atoms with van der Waals surface area (Å²) in [6.45, 7) is 7.87. The van der Waals surface area contributed by atoms with Crippen LogP contribution >= 0.6 is 0 Å². The second-order valence-corrected chi connectivity index (χ2v) is 20.3. The van der Waals surface area contributed by atoms with Gasteiger partial charge in [0.2, 0.25) is 0 Å². The SMILES string of the molecule is CCCCC/C=C\C/C=C\CCCCCCCCCCOCC(COC(=O)CCCCCCCCCCCCCCCCCCCCC)OC(=O)CCCCCCCCCCCCCCC. The fourth-order valence-corrected chi connectivity index (χ4v) is 9.01. The number of esters is 2. The van der Waals surface area contributed by atoms with Crippen molar-refractivity contribution in [3.05, 3.63) is 24.3 Å². The molecule has 5 nitrogen and oxygen atoms in total. The number of allylic oxidation sites excluding steroid dienone is 4. The molecular formula is C61H116O5. The molecule has 1 atom stereocenters. The molecule has 1 unspecified atom stereocenters. The van der Waals surface area contributed by atoms with Gasteiger partial charge in [-0.15, -0.1) is 0 Å². The van der Waals surface area contributed by atoms with Crippen LogP contribution in [0.5, 0.6) is 0 Å². The molecule has 0 aromatic carbocycles. The predicted octanol–water partition coefficient (Wildman–Crippen LogP) is 20.4. The molecular weight excluding hydrogens is 813 g/mol. The highest BCUT2D eigenvalue weighted by atomic mass is 16.6. The summed E-state index contributed by atoms with van der Waals surface area (Å²) in [6, 6.07) is 0. The zero-order chi connectivity index (χ0) is 47.7. The summed E-state index contributed by atoms with van der Waals surface area (Å²) in [4.78, 5) is 25.5. The third-order valence-electron chi connectivity index (χ3n) is 13.5. The van der Waals surface area contributed by atoms with E-state index >= 15 is 0 Å². The molecule has 0 aromatic rings. The van der Waals surface area contributed by atoms with Gasteiger partial charge in [-0.05, 0) is 51.4 Å². The summed E-state index contributed by atoms with van der Waals surface area (Å²) >= 11 is 0. The van der Waals surface area contributed by atoms with Crippen LogP contribution in [0.2, 0.25) is 0 Å². The van der Waals surface area contributed by atoms with Gasteiger partial charge in [-0.1, -0.05) is 289 Å². The Morgan fingerprint density at radius 1 is 0.333 bits per heavy atom. The van der Waals surface area contributed by atoms with Gasteiger partial charge >= 0.3 is 11.9 Å². The predicted molar refractivity (Wildman–Crippen MR) is 289 cm³/mol. The smallest absolute Gasteiger partial charge is 0.306 e. The van der Waals surface area contributed by atoms with Crippen LogP contribution in [0.25, 0.3) is 0 Å². The molecule has 0 aromatic heterocycles. The lowest BCUT2D eigenvalue weighted by Crippen LogP contribution is -2.30. The van der Waals surface area contributed by atoms with Gasteiger partial charge in [-0.25, -0.2) is 0 Å². The maximum Gasteiger partial charge on any atom is 0.306 e. The summed E-state index contributed by atoms with van der Waals surface area (Å²) in [7, 11) is 0. The molecule has 66 heavy (non-hydrogen) atoms. The molecule has 0 heterocycles. The van der Waals surface area contributed by atoms with Crippen LogP contribution in [0.4, 0.5) is 0 Å². The summed E-state index contributed by atoms with van der Waals surface area (Å²) in [5.74, 6) is -0.375. The van der Waals surface area contributed by atoms with Crippen LogP contribution in [0.1, 0.15) is 329 Å². The number of unbranched alkanes of at least 4 members (excludes halogenated alkanes) is 41. The Bertz CT molecular complexity index is 1010. The standard InChI is InChI=1S/C61H116O5/c1-4-7-10-13-16-19-22-25-27-29-31-32-34-37-39-42-45-48-51-54-60(62)65-58-59(66-61(63)55-52-49-46-43-40-36-24-21-18-15-12-9-6-3)57-64-56-53-50-47-44-41-38-35-33-30-28-26-23-20-17-14-11-8-5-2/h17,20,26,28,59H,4-16,18-19,21-25,27,29-58H2,1-3H3/b20-17-,28-26-. The molecule has 0 aliphatic heterocycles. The lowest BCUT2D eigenvalue weighted by Gasteiger charge is -2.18. The number of hydrogen-bond acceptors (Lipinski definition) is 5. The Kier molecular flexibility index (Phi) is 56.3. The van der Waals surface area contributed by atoms with Crippen molar-refractivity contribution in [1.29, 1.82) is 0 Å². The van der Waals surface area contributed by atoms with Crippen LogP contribution in [0.15, 0.2) is 24.3 Å². The van der Waals surface area contributed by atoms with Gasteiger partial charge in [0.1, 0.15) is 6.61 Å². The zero-order valence-corrected chi connectivity index (χ0v) is 45.0. The lowest BCUT2D eigenvalue weighted by molar-refractivity contribution is -0.163. The Balaban J connectivity index is 4.19. The van der Waals surface area contributed by atoms with Crippen molar-refractivity contribution in [2.24, 2.45) is 0 Å². The first kappa shape index (κ1) is 64.4. The molecule has 0 aliphatic rings. The van der Waals surface area contributed by atoms with E-state index in [4.69, 9.17) is 14.2 Å².